The lowest BCUT2D eigenvalue weighted by atomic mass is 10.0. The zero-order valence-electron chi connectivity index (χ0n) is 18.6. The van der Waals surface area contributed by atoms with E-state index in [0.717, 1.165) is 11.1 Å². The summed E-state index contributed by atoms with van der Waals surface area (Å²) in [7, 11) is 1.28. The molecule has 0 saturated carbocycles. The van der Waals surface area contributed by atoms with Gasteiger partial charge < -0.3 is 15.8 Å². The molecule has 0 saturated heterocycles. The van der Waals surface area contributed by atoms with Crippen molar-refractivity contribution in [3.05, 3.63) is 64.9 Å². The van der Waals surface area contributed by atoms with Gasteiger partial charge in [-0.2, -0.15) is 15.6 Å². The molecule has 3 heterocycles. The van der Waals surface area contributed by atoms with E-state index in [2.05, 4.69) is 26.5 Å². The van der Waals surface area contributed by atoms with Crippen LogP contribution >= 0.6 is 0 Å². The summed E-state index contributed by atoms with van der Waals surface area (Å²) >= 11 is 0. The third-order valence-electron chi connectivity index (χ3n) is 5.21. The maximum atomic E-state index is 12.2. The number of nitrogens with two attached hydrogens (primary N) is 1. The Balaban J connectivity index is 1.86. The lowest BCUT2D eigenvalue weighted by molar-refractivity contribution is 0.0600. The molecule has 1 atom stereocenters. The Labute approximate surface area is 194 Å². The first kappa shape index (κ1) is 22.2. The van der Waals surface area contributed by atoms with Gasteiger partial charge in [0.2, 0.25) is 0 Å². The fourth-order valence-corrected chi connectivity index (χ4v) is 3.53. The van der Waals surface area contributed by atoms with E-state index in [1.807, 2.05) is 26.0 Å². The fraction of sp³-hybridized carbons (Fsp3) is 0.174. The topological polar surface area (TPSA) is 168 Å². The smallest absolute Gasteiger partial charge is 0.337 e. The Bertz CT molecular complexity index is 1510. The van der Waals surface area contributed by atoms with Gasteiger partial charge in [-0.25, -0.2) is 24.3 Å². The number of hydrogen-bond acceptors (Lipinski definition) is 10. The number of nitrogens with one attached hydrogen (secondary N) is 1. The first-order valence-electron chi connectivity index (χ1n) is 10.1. The molecule has 4 rings (SSSR count). The molecule has 0 fully saturated rings. The van der Waals surface area contributed by atoms with Crippen LogP contribution in [0.2, 0.25) is 0 Å². The highest BCUT2D eigenvalue weighted by Gasteiger charge is 2.20. The number of carbonyl (C=O) groups excluding carboxylic acids is 1. The van der Waals surface area contributed by atoms with Crippen LogP contribution in [-0.4, -0.2) is 37.6 Å². The summed E-state index contributed by atoms with van der Waals surface area (Å²) < 4.78 is 6.52. The number of aromatic nitrogens is 5. The summed E-state index contributed by atoms with van der Waals surface area (Å²) in [4.78, 5) is 24.9. The van der Waals surface area contributed by atoms with Gasteiger partial charge in [0.25, 0.3) is 0 Å². The number of anilines is 2. The minimum absolute atomic E-state index is 0.0638. The molecule has 168 valence electrons. The Morgan fingerprint density at radius 3 is 2.74 bits per heavy atom. The Morgan fingerprint density at radius 2 is 2.03 bits per heavy atom. The van der Waals surface area contributed by atoms with Crippen molar-refractivity contribution in [3.8, 4) is 23.4 Å². The average molecular weight is 453 g/mol. The van der Waals surface area contributed by atoms with Gasteiger partial charge in [0.15, 0.2) is 5.82 Å². The molecular weight excluding hydrogens is 434 g/mol. The molecular formula is C23H19N9O2. The van der Waals surface area contributed by atoms with Crippen LogP contribution in [0.4, 0.5) is 11.6 Å². The van der Waals surface area contributed by atoms with Crippen molar-refractivity contribution in [1.82, 2.24) is 24.6 Å². The van der Waals surface area contributed by atoms with E-state index in [9.17, 15) is 15.3 Å². The van der Waals surface area contributed by atoms with E-state index in [1.165, 1.54) is 19.5 Å². The maximum absolute atomic E-state index is 12.2. The first-order chi connectivity index (χ1) is 16.4. The lowest BCUT2D eigenvalue weighted by Gasteiger charge is -2.16. The molecule has 0 spiro atoms. The Hall–Kier alpha value is -5.03. The highest BCUT2D eigenvalue weighted by atomic mass is 16.5. The van der Waals surface area contributed by atoms with Crippen LogP contribution < -0.4 is 11.1 Å². The number of nitriles is 2. The maximum Gasteiger partial charge on any atom is 0.337 e. The van der Waals surface area contributed by atoms with Crippen molar-refractivity contribution in [2.24, 2.45) is 0 Å². The third-order valence-corrected chi connectivity index (χ3v) is 5.21. The van der Waals surface area contributed by atoms with Gasteiger partial charge in [-0.05, 0) is 43.7 Å². The molecule has 11 heteroatoms. The molecule has 11 nitrogen and oxygen atoms in total. The Kier molecular flexibility index (Phi) is 5.77. The summed E-state index contributed by atoms with van der Waals surface area (Å²) in [5.74, 6) is 0.155. The van der Waals surface area contributed by atoms with E-state index in [0.29, 0.717) is 22.6 Å². The van der Waals surface area contributed by atoms with Gasteiger partial charge >= 0.3 is 5.97 Å². The minimum atomic E-state index is -0.559. The fourth-order valence-electron chi connectivity index (χ4n) is 3.53. The van der Waals surface area contributed by atoms with Crippen LogP contribution in [0.3, 0.4) is 0 Å². The molecule has 1 unspecified atom stereocenters. The van der Waals surface area contributed by atoms with Gasteiger partial charge in [0.1, 0.15) is 29.6 Å². The number of ether oxygens (including phenoxy) is 1. The SMILES string of the molecule is COC(=O)c1cc(C#N)cc(-c2nc(C(C)Nc3ncnc(N)c3C#N)nn3ccc(C)c23)c1. The average Bonchev–Trinajstić information content (AvgIpc) is 3.23. The highest BCUT2D eigenvalue weighted by molar-refractivity contribution is 5.92. The van der Waals surface area contributed by atoms with Gasteiger partial charge in [-0.15, -0.1) is 0 Å². The minimum Gasteiger partial charge on any atom is -0.465 e. The number of esters is 1. The number of benzene rings is 1. The molecule has 34 heavy (non-hydrogen) atoms. The number of fused-ring (bicyclic) bond motifs is 1. The summed E-state index contributed by atoms with van der Waals surface area (Å²) in [5, 5.41) is 26.6. The number of carbonyl (C=O) groups is 1. The van der Waals surface area contributed by atoms with Crippen molar-refractivity contribution < 1.29 is 9.53 Å². The van der Waals surface area contributed by atoms with Crippen LogP contribution in [0.25, 0.3) is 16.8 Å². The molecule has 0 radical (unpaired) electrons. The van der Waals surface area contributed by atoms with Crippen LogP contribution in [0.15, 0.2) is 36.8 Å². The molecule has 0 bridgehead atoms. The molecule has 1 aromatic carbocycles. The highest BCUT2D eigenvalue weighted by Crippen LogP contribution is 2.29. The molecule has 0 aliphatic heterocycles. The predicted octanol–water partition coefficient (Wildman–Crippen LogP) is 2.78. The standard InChI is InChI=1S/C23H19N9O2/c1-12-4-5-32-19(12)18(15-6-14(9-24)7-16(8-15)23(33)34-3)30-21(31-32)13(2)29-22-17(10-25)20(26)27-11-28-22/h4-8,11,13H,1-3H3,(H3,26,27,28,29). The van der Waals surface area contributed by atoms with Crippen LogP contribution in [0, 0.1) is 29.6 Å². The lowest BCUT2D eigenvalue weighted by Crippen LogP contribution is -2.16. The Morgan fingerprint density at radius 1 is 1.24 bits per heavy atom. The quantitative estimate of drug-likeness (QED) is 0.429. The number of rotatable bonds is 5. The van der Waals surface area contributed by atoms with Crippen molar-refractivity contribution in [3.63, 3.8) is 0 Å². The summed E-state index contributed by atoms with van der Waals surface area (Å²) in [6.07, 6.45) is 3.06. The van der Waals surface area contributed by atoms with E-state index in [-0.39, 0.29) is 22.8 Å². The summed E-state index contributed by atoms with van der Waals surface area (Å²) in [5.41, 5.74) is 9.18. The number of methoxy groups -OCH3 is 1. The van der Waals surface area contributed by atoms with E-state index in [1.54, 1.807) is 22.8 Å². The first-order valence-corrected chi connectivity index (χ1v) is 10.1. The number of nitrogen functional groups attached to an aromatic ring is 1. The molecule has 0 aliphatic rings. The van der Waals surface area contributed by atoms with Gasteiger partial charge in [0, 0.05) is 11.8 Å². The van der Waals surface area contributed by atoms with Crippen molar-refractivity contribution in [1.29, 1.82) is 10.5 Å². The second-order valence-corrected chi connectivity index (χ2v) is 7.47. The van der Waals surface area contributed by atoms with Gasteiger partial charge in [-0.3, -0.25) is 0 Å². The number of hydrogen-bond donors (Lipinski definition) is 2. The van der Waals surface area contributed by atoms with Crippen LogP contribution in [0.5, 0.6) is 0 Å². The van der Waals surface area contributed by atoms with E-state index < -0.39 is 12.0 Å². The largest absolute Gasteiger partial charge is 0.465 e. The van der Waals surface area contributed by atoms with Gasteiger partial charge in [0.05, 0.1) is 41.6 Å². The normalized spacial score (nSPS) is 11.4. The monoisotopic (exact) mass is 453 g/mol. The zero-order chi connectivity index (χ0) is 24.4. The van der Waals surface area contributed by atoms with Crippen LogP contribution in [-0.2, 0) is 4.74 Å². The second kappa shape index (κ2) is 8.84. The predicted molar refractivity (Wildman–Crippen MR) is 122 cm³/mol. The number of nitrogens with zero attached hydrogens (tertiary/aromatic N) is 7. The zero-order valence-corrected chi connectivity index (χ0v) is 18.6. The summed E-state index contributed by atoms with van der Waals surface area (Å²) in [6.45, 7) is 3.73. The summed E-state index contributed by atoms with van der Waals surface area (Å²) in [6, 6.07) is 10.2. The second-order valence-electron chi connectivity index (χ2n) is 7.47. The van der Waals surface area contributed by atoms with Crippen molar-refractivity contribution in [2.45, 2.75) is 19.9 Å². The third kappa shape index (κ3) is 3.94. The molecule has 3 N–H and O–H groups in total. The van der Waals surface area contributed by atoms with Gasteiger partial charge in [-0.1, -0.05) is 0 Å². The number of aryl methyl sites for hydroxylation is 1. The van der Waals surface area contributed by atoms with E-state index in [4.69, 9.17) is 15.5 Å². The van der Waals surface area contributed by atoms with Crippen molar-refractivity contribution >= 4 is 23.1 Å². The molecule has 3 aromatic heterocycles. The molecule has 4 aromatic rings. The van der Waals surface area contributed by atoms with E-state index >= 15 is 0 Å². The molecule has 0 amide bonds. The molecule has 0 aliphatic carbocycles. The van der Waals surface area contributed by atoms with Crippen LogP contribution in [0.1, 0.15) is 45.8 Å². The van der Waals surface area contributed by atoms with Crippen molar-refractivity contribution in [2.75, 3.05) is 18.2 Å².